The van der Waals surface area contributed by atoms with Crippen molar-refractivity contribution in [2.45, 2.75) is 33.2 Å². The molecule has 1 aliphatic carbocycles. The lowest BCUT2D eigenvalue weighted by atomic mass is 10.2. The van der Waals surface area contributed by atoms with E-state index in [2.05, 4.69) is 13.8 Å². The molecule has 4 nitrogen and oxygen atoms in total. The van der Waals surface area contributed by atoms with Gasteiger partial charge in [0, 0.05) is 29.8 Å². The van der Waals surface area contributed by atoms with E-state index in [-0.39, 0.29) is 0 Å². The van der Waals surface area contributed by atoms with Crippen LogP contribution in [0.1, 0.15) is 32.6 Å². The summed E-state index contributed by atoms with van der Waals surface area (Å²) in [5.74, 6) is 2.09. The van der Waals surface area contributed by atoms with E-state index in [1.165, 1.54) is 0 Å². The molecule has 0 saturated carbocycles. The van der Waals surface area contributed by atoms with Crippen LogP contribution >= 0.6 is 58.0 Å². The number of fused-ring (bicyclic) bond motifs is 2. The minimum atomic E-state index is 0.462. The van der Waals surface area contributed by atoms with Crippen molar-refractivity contribution in [3.8, 4) is 5.75 Å². The maximum absolute atomic E-state index is 6.76. The van der Waals surface area contributed by atoms with Gasteiger partial charge in [0.15, 0.2) is 5.75 Å². The molecule has 0 bridgehead atoms. The second-order valence-electron chi connectivity index (χ2n) is 8.37. The minimum Gasteiger partial charge on any atom is -0.439 e. The molecule has 0 unspecified atom stereocenters. The molecule has 1 aromatic heterocycles. The molecule has 2 aromatic carbocycles. The van der Waals surface area contributed by atoms with E-state index in [1.54, 1.807) is 12.1 Å². The Kier molecular flexibility index (Phi) is 7.35. The lowest BCUT2D eigenvalue weighted by Crippen LogP contribution is -2.33. The summed E-state index contributed by atoms with van der Waals surface area (Å²) in [7, 11) is 0. The van der Waals surface area contributed by atoms with Crippen LogP contribution in [0, 0.1) is 0 Å². The molecule has 0 atom stereocenters. The monoisotopic (exact) mass is 581 g/mol. The number of rotatable bonds is 5. The van der Waals surface area contributed by atoms with E-state index in [4.69, 9.17) is 67.2 Å². The zero-order chi connectivity index (χ0) is 25.6. The molecule has 5 rings (SSSR count). The van der Waals surface area contributed by atoms with Crippen LogP contribution in [-0.4, -0.2) is 6.54 Å². The van der Waals surface area contributed by atoms with Gasteiger partial charge in [-0.3, -0.25) is 0 Å². The van der Waals surface area contributed by atoms with Crippen molar-refractivity contribution in [2.75, 3.05) is 11.4 Å². The van der Waals surface area contributed by atoms with E-state index in [9.17, 15) is 0 Å². The molecule has 1 aliphatic heterocycles. The second-order valence-corrected chi connectivity index (χ2v) is 10.4. The van der Waals surface area contributed by atoms with Gasteiger partial charge in [0.2, 0.25) is 11.5 Å². The molecule has 0 saturated heterocycles. The summed E-state index contributed by atoms with van der Waals surface area (Å²) in [6.07, 6.45) is 9.55. The quantitative estimate of drug-likeness (QED) is 0.280. The highest BCUT2D eigenvalue weighted by Gasteiger charge is 2.27. The third-order valence-corrected chi connectivity index (χ3v) is 8.19. The Labute approximate surface area is 234 Å². The first-order valence-corrected chi connectivity index (χ1v) is 13.4. The van der Waals surface area contributed by atoms with Crippen LogP contribution in [0.25, 0.3) is 17.2 Å². The van der Waals surface area contributed by atoms with Crippen LogP contribution < -0.4 is 14.2 Å². The summed E-state index contributed by atoms with van der Waals surface area (Å²) >= 11 is 31.5. The molecular formula is C27H22Cl5N2O2+. The summed E-state index contributed by atoms with van der Waals surface area (Å²) in [5.41, 5.74) is 4.56. The number of halogens is 5. The third kappa shape index (κ3) is 4.66. The van der Waals surface area contributed by atoms with Gasteiger partial charge >= 0.3 is 5.89 Å². The van der Waals surface area contributed by atoms with Gasteiger partial charge in [0.1, 0.15) is 6.54 Å². The number of aromatic nitrogens is 1. The Morgan fingerprint density at radius 3 is 2.36 bits per heavy atom. The molecule has 0 N–H and O–H groups in total. The van der Waals surface area contributed by atoms with Crippen molar-refractivity contribution >= 4 is 80.9 Å². The van der Waals surface area contributed by atoms with Crippen molar-refractivity contribution in [1.29, 1.82) is 0 Å². The number of nitrogens with zero attached hydrogens (tertiary/aromatic N) is 2. The van der Waals surface area contributed by atoms with Crippen LogP contribution in [0.3, 0.4) is 0 Å². The summed E-state index contributed by atoms with van der Waals surface area (Å²) in [6, 6.07) is 7.13. The van der Waals surface area contributed by atoms with Gasteiger partial charge in [-0.15, -0.1) is 0 Å². The Hall–Kier alpha value is -2.08. The van der Waals surface area contributed by atoms with E-state index in [0.29, 0.717) is 43.2 Å². The highest BCUT2D eigenvalue weighted by Crippen LogP contribution is 2.44. The first kappa shape index (κ1) is 25.6. The standard InChI is InChI=1S/C27H22Cl5N2O2/c1-3-33-21-11-17(28)19(30)13-23(21)35-25(33)9-7-15-5-6-16(27(15)32)8-10-26-34(4-2)22-12-18(29)20(31)14-24(22)36-26/h7-14H,3-6H2,1-2H3/q+1. The second kappa shape index (κ2) is 10.4. The molecule has 9 heteroatoms. The van der Waals surface area contributed by atoms with Gasteiger partial charge < -0.3 is 14.1 Å². The number of anilines is 1. The summed E-state index contributed by atoms with van der Waals surface area (Å²) in [5, 5.41) is 2.65. The lowest BCUT2D eigenvalue weighted by Gasteiger charge is -2.15. The first-order chi connectivity index (χ1) is 17.3. The van der Waals surface area contributed by atoms with Gasteiger partial charge in [-0.2, -0.15) is 4.57 Å². The number of benzene rings is 2. The summed E-state index contributed by atoms with van der Waals surface area (Å²) in [4.78, 5) is 2.05. The number of hydrogen-bond donors (Lipinski definition) is 0. The number of ether oxygens (including phenoxy) is 1. The summed E-state index contributed by atoms with van der Waals surface area (Å²) in [6.45, 7) is 5.55. The predicted octanol–water partition coefficient (Wildman–Crippen LogP) is 9.34. The maximum Gasteiger partial charge on any atom is 0.374 e. The summed E-state index contributed by atoms with van der Waals surface area (Å²) < 4.78 is 14.1. The fraction of sp³-hybridized carbons (Fsp3) is 0.222. The maximum atomic E-state index is 6.76. The van der Waals surface area contributed by atoms with Crippen molar-refractivity contribution in [3.63, 3.8) is 0 Å². The Morgan fingerprint density at radius 1 is 0.889 bits per heavy atom. The number of oxazole rings is 1. The average Bonchev–Trinajstić information content (AvgIpc) is 3.49. The smallest absolute Gasteiger partial charge is 0.374 e. The molecule has 0 spiro atoms. The predicted molar refractivity (Wildman–Crippen MR) is 150 cm³/mol. The molecule has 0 fully saturated rings. The topological polar surface area (TPSA) is 29.5 Å². The fourth-order valence-corrected chi connectivity index (χ4v) is 5.38. The fourth-order valence-electron chi connectivity index (χ4n) is 4.45. The van der Waals surface area contributed by atoms with Crippen LogP contribution in [0.4, 0.5) is 5.69 Å². The average molecular weight is 584 g/mol. The van der Waals surface area contributed by atoms with Crippen molar-refractivity contribution in [2.24, 2.45) is 0 Å². The molecule has 2 aliphatic rings. The minimum absolute atomic E-state index is 0.462. The largest absolute Gasteiger partial charge is 0.439 e. The normalized spacial score (nSPS) is 17.9. The molecule has 0 radical (unpaired) electrons. The highest BCUT2D eigenvalue weighted by molar-refractivity contribution is 6.43. The van der Waals surface area contributed by atoms with E-state index >= 15 is 0 Å². The molecule has 186 valence electrons. The van der Waals surface area contributed by atoms with E-state index in [1.807, 2.05) is 45.9 Å². The van der Waals surface area contributed by atoms with Gasteiger partial charge in [-0.25, -0.2) is 0 Å². The number of aryl methyl sites for hydroxylation is 1. The van der Waals surface area contributed by atoms with Crippen molar-refractivity contribution in [3.05, 3.63) is 90.5 Å². The molecule has 2 heterocycles. The Morgan fingerprint density at radius 2 is 1.61 bits per heavy atom. The molecule has 36 heavy (non-hydrogen) atoms. The molecule has 3 aromatic rings. The van der Waals surface area contributed by atoms with Crippen molar-refractivity contribution in [1.82, 2.24) is 0 Å². The van der Waals surface area contributed by atoms with E-state index in [0.717, 1.165) is 53.3 Å². The van der Waals surface area contributed by atoms with E-state index < -0.39 is 0 Å². The highest BCUT2D eigenvalue weighted by atomic mass is 35.5. The van der Waals surface area contributed by atoms with Crippen LogP contribution in [0.2, 0.25) is 20.1 Å². The van der Waals surface area contributed by atoms with Gasteiger partial charge in [-0.1, -0.05) is 64.1 Å². The first-order valence-electron chi connectivity index (χ1n) is 11.5. The third-order valence-electron chi connectivity index (χ3n) is 6.26. The van der Waals surface area contributed by atoms with Crippen LogP contribution in [0.5, 0.6) is 5.75 Å². The Bertz CT molecular complexity index is 1500. The van der Waals surface area contributed by atoms with Gasteiger partial charge in [-0.05, 0) is 56.1 Å². The lowest BCUT2D eigenvalue weighted by molar-refractivity contribution is -0.674. The number of hydrogen-bond acceptors (Lipinski definition) is 3. The van der Waals surface area contributed by atoms with Gasteiger partial charge in [0.05, 0.1) is 31.9 Å². The van der Waals surface area contributed by atoms with Crippen LogP contribution in [-0.2, 0) is 6.54 Å². The Balaban J connectivity index is 1.41. The van der Waals surface area contributed by atoms with Gasteiger partial charge in [0.25, 0.3) is 5.52 Å². The number of allylic oxidation sites excluding steroid dienone is 6. The van der Waals surface area contributed by atoms with Crippen molar-refractivity contribution < 1.29 is 13.7 Å². The molecule has 0 amide bonds. The SMILES string of the molecule is CCN1C(=CC=C2CCC(C=Cc3oc4cc(Cl)c(Cl)cc4[n+]3CC)=C2Cl)Oc2cc(Cl)c(Cl)cc21. The zero-order valence-corrected chi connectivity index (χ0v) is 23.3. The molecular weight excluding hydrogens is 562 g/mol. The zero-order valence-electron chi connectivity index (χ0n) is 19.5. The van der Waals surface area contributed by atoms with Crippen LogP contribution in [0.15, 0.2) is 69.0 Å².